The van der Waals surface area contributed by atoms with Gasteiger partial charge in [-0.05, 0) is 55.2 Å². The van der Waals surface area contributed by atoms with Crippen molar-refractivity contribution in [2.24, 2.45) is 15.8 Å². The molecule has 1 aliphatic rings. The van der Waals surface area contributed by atoms with E-state index < -0.39 is 11.1 Å². The summed E-state index contributed by atoms with van der Waals surface area (Å²) in [6, 6.07) is 21.7. The Balaban J connectivity index is 1.57. The zero-order valence-corrected chi connectivity index (χ0v) is 27.1. The Morgan fingerprint density at radius 1 is 0.927 bits per heavy atom. The first kappa shape index (κ1) is 31.4. The monoisotopic (exact) mass is 593 g/mol. The molecule has 4 rings (SSSR count). The maximum absolute atomic E-state index is 15.2. The third-order valence-corrected chi connectivity index (χ3v) is 9.27. The van der Waals surface area contributed by atoms with E-state index in [4.69, 9.17) is 14.3 Å². The smallest absolute Gasteiger partial charge is 0.327 e. The molecule has 41 heavy (non-hydrogen) atoms. The molecule has 0 N–H and O–H groups in total. The minimum absolute atomic E-state index is 0.181. The first-order valence-corrected chi connectivity index (χ1v) is 15.6. The molecule has 3 aromatic carbocycles. The first-order valence-electron chi connectivity index (χ1n) is 14.0. The topological polar surface area (TPSA) is 47.9 Å². The summed E-state index contributed by atoms with van der Waals surface area (Å²) in [6.45, 7) is 17.1. The molecule has 1 aliphatic heterocycles. The lowest BCUT2D eigenvalue weighted by Crippen LogP contribution is -2.68. The molecule has 1 unspecified atom stereocenters. The lowest BCUT2D eigenvalue weighted by molar-refractivity contribution is -0.165. The highest BCUT2D eigenvalue weighted by molar-refractivity contribution is 7.99. The second kappa shape index (κ2) is 12.0. The fourth-order valence-electron chi connectivity index (χ4n) is 6.93. The average molecular weight is 594 g/mol. The summed E-state index contributed by atoms with van der Waals surface area (Å²) in [6.07, 6.45) is 1.36. The van der Waals surface area contributed by atoms with Crippen molar-refractivity contribution in [2.45, 2.75) is 89.2 Å². The minimum Gasteiger partial charge on any atom is -0.471 e. The fraction of sp³-hybridized carbons (Fsp3) is 0.441. The van der Waals surface area contributed by atoms with Crippen LogP contribution in [0.5, 0.6) is 0 Å². The summed E-state index contributed by atoms with van der Waals surface area (Å²) in [7, 11) is -0.374. The second-order valence-electron chi connectivity index (χ2n) is 13.1. The van der Waals surface area contributed by atoms with Gasteiger partial charge in [0.1, 0.15) is 17.0 Å². The summed E-state index contributed by atoms with van der Waals surface area (Å²) in [5.41, 5.74) is 1.69. The zero-order chi connectivity index (χ0) is 30.1. The van der Waals surface area contributed by atoms with Gasteiger partial charge in [0.15, 0.2) is 5.90 Å². The van der Waals surface area contributed by atoms with Crippen LogP contribution in [0.25, 0.3) is 11.1 Å². The molecule has 0 radical (unpaired) electrons. The van der Waals surface area contributed by atoms with Gasteiger partial charge in [0, 0.05) is 33.1 Å². The van der Waals surface area contributed by atoms with Crippen LogP contribution in [0.2, 0.25) is 0 Å². The summed E-state index contributed by atoms with van der Waals surface area (Å²) in [5, 5.41) is 0. The van der Waals surface area contributed by atoms with E-state index in [2.05, 4.69) is 60.6 Å². The van der Waals surface area contributed by atoms with Crippen LogP contribution in [0.15, 0.2) is 81.5 Å². The second-order valence-corrected chi connectivity index (χ2v) is 14.6. The average Bonchev–Trinajstić information content (AvgIpc) is 3.20. The summed E-state index contributed by atoms with van der Waals surface area (Å²) >= 11 is 1.56. The Bertz CT molecular complexity index is 1410. The lowest BCUT2D eigenvalue weighted by atomic mass is 9.53. The maximum Gasteiger partial charge on any atom is 0.327 e. The van der Waals surface area contributed by atoms with Crippen LogP contribution in [0.1, 0.15) is 66.0 Å². The van der Waals surface area contributed by atoms with E-state index in [1.807, 2.05) is 55.5 Å². The molecule has 4 nitrogen and oxygen atoms in total. The van der Waals surface area contributed by atoms with Crippen molar-refractivity contribution in [3.8, 4) is 11.1 Å². The number of aryl methyl sites for hydroxylation is 2. The van der Waals surface area contributed by atoms with E-state index in [9.17, 15) is 4.57 Å². The van der Waals surface area contributed by atoms with E-state index in [-0.39, 0.29) is 31.9 Å². The molecule has 7 heteroatoms. The van der Waals surface area contributed by atoms with Crippen LogP contribution in [-0.4, -0.2) is 23.6 Å². The molecule has 1 heterocycles. The Labute approximate surface area is 250 Å². The number of aliphatic imine (C=N–C) groups is 1. The van der Waals surface area contributed by atoms with Gasteiger partial charge < -0.3 is 4.74 Å². The van der Waals surface area contributed by atoms with Gasteiger partial charge in [0.25, 0.3) is 0 Å². The van der Waals surface area contributed by atoms with Crippen molar-refractivity contribution in [3.05, 3.63) is 83.7 Å². The third-order valence-electron chi connectivity index (χ3n) is 8.05. The van der Waals surface area contributed by atoms with Crippen molar-refractivity contribution < 1.29 is 18.2 Å². The number of nitrogens with zero attached hydrogens (tertiary/aromatic N) is 1. The van der Waals surface area contributed by atoms with Crippen molar-refractivity contribution in [2.75, 3.05) is 6.61 Å². The molecule has 3 aromatic rings. The van der Waals surface area contributed by atoms with Gasteiger partial charge in [-0.15, -0.1) is 0 Å². The van der Waals surface area contributed by atoms with Crippen LogP contribution in [0, 0.1) is 23.6 Å². The molecule has 0 saturated heterocycles. The minimum atomic E-state index is -0.736. The van der Waals surface area contributed by atoms with Gasteiger partial charge in [0.2, 0.25) is 0 Å². The number of rotatable bonds is 9. The van der Waals surface area contributed by atoms with E-state index in [0.29, 0.717) is 24.3 Å². The standard InChI is InChI=1S/C34H41FNO3PS/c1-23-10-9-11-27(20-23)41-28-16-17-29(30(35)21-28)26-14-12-25(13-15-26)18-19-33(22-38-40-37)34(31(3,4)5,32(6,7)8)39-24(2)36-33/h9-17,20-21H,18-19,22H2,1-8H3. The first-order chi connectivity index (χ1) is 19.2. The van der Waals surface area contributed by atoms with E-state index in [1.165, 1.54) is 5.56 Å². The predicted molar refractivity (Wildman–Crippen MR) is 168 cm³/mol. The quantitative estimate of drug-likeness (QED) is 0.232. The van der Waals surface area contributed by atoms with Crippen LogP contribution in [-0.2, 0) is 20.2 Å². The maximum atomic E-state index is 15.2. The van der Waals surface area contributed by atoms with Crippen molar-refractivity contribution in [1.82, 2.24) is 0 Å². The fourth-order valence-corrected chi connectivity index (χ4v) is 8.16. The van der Waals surface area contributed by atoms with Crippen molar-refractivity contribution in [3.63, 3.8) is 0 Å². The molecule has 218 valence electrons. The highest BCUT2D eigenvalue weighted by Gasteiger charge is 2.68. The van der Waals surface area contributed by atoms with Gasteiger partial charge in [-0.25, -0.2) is 13.9 Å². The molecular formula is C34H41FNO3PS. The molecule has 0 amide bonds. The van der Waals surface area contributed by atoms with Gasteiger partial charge in [-0.3, -0.25) is 4.52 Å². The Morgan fingerprint density at radius 3 is 2.17 bits per heavy atom. The number of hydrogen-bond donors (Lipinski definition) is 0. The summed E-state index contributed by atoms with van der Waals surface area (Å²) in [5.74, 6) is 0.382. The van der Waals surface area contributed by atoms with Crippen LogP contribution >= 0.6 is 20.4 Å². The predicted octanol–water partition coefficient (Wildman–Crippen LogP) is 10.1. The molecule has 1 atom stereocenters. The van der Waals surface area contributed by atoms with E-state index >= 15 is 4.39 Å². The molecule has 0 aliphatic carbocycles. The van der Waals surface area contributed by atoms with E-state index in [0.717, 1.165) is 20.9 Å². The zero-order valence-electron chi connectivity index (χ0n) is 25.4. The molecular weight excluding hydrogens is 552 g/mol. The van der Waals surface area contributed by atoms with Gasteiger partial charge >= 0.3 is 8.69 Å². The van der Waals surface area contributed by atoms with Crippen molar-refractivity contribution >= 4 is 26.3 Å². The number of benzene rings is 3. The van der Waals surface area contributed by atoms with E-state index in [1.54, 1.807) is 17.8 Å². The summed E-state index contributed by atoms with van der Waals surface area (Å²) in [4.78, 5) is 7.01. The Hall–Kier alpha value is -2.53. The Morgan fingerprint density at radius 2 is 1.59 bits per heavy atom. The molecule has 0 saturated carbocycles. The normalized spacial score (nSPS) is 18.8. The van der Waals surface area contributed by atoms with Crippen LogP contribution in [0.3, 0.4) is 0 Å². The SMILES string of the molecule is CC1=NC(CCc2ccc(-c3ccc(Sc4cccc(C)c4)cc3F)cc2)(COP=O)C(C(C)(C)C)(C(C)(C)C)O1. The van der Waals surface area contributed by atoms with Gasteiger partial charge in [0.05, 0.1) is 6.61 Å². The van der Waals surface area contributed by atoms with Gasteiger partial charge in [-0.1, -0.05) is 101 Å². The Kier molecular flexibility index (Phi) is 9.18. The highest BCUT2D eigenvalue weighted by Crippen LogP contribution is 2.59. The molecule has 0 fully saturated rings. The largest absolute Gasteiger partial charge is 0.471 e. The highest BCUT2D eigenvalue weighted by atomic mass is 32.2. The molecule has 0 aromatic heterocycles. The number of halogens is 1. The van der Waals surface area contributed by atoms with Crippen LogP contribution < -0.4 is 0 Å². The van der Waals surface area contributed by atoms with Gasteiger partial charge in [-0.2, -0.15) is 0 Å². The van der Waals surface area contributed by atoms with Crippen LogP contribution in [0.4, 0.5) is 4.39 Å². The number of hydrogen-bond acceptors (Lipinski definition) is 5. The molecule has 0 spiro atoms. The summed E-state index contributed by atoms with van der Waals surface area (Å²) < 4.78 is 38.8. The lowest BCUT2D eigenvalue weighted by Gasteiger charge is -2.57. The third kappa shape index (κ3) is 6.30. The molecule has 0 bridgehead atoms. The van der Waals surface area contributed by atoms with Crippen molar-refractivity contribution in [1.29, 1.82) is 0 Å². The number of ether oxygens (including phenoxy) is 1.